The lowest BCUT2D eigenvalue weighted by atomic mass is 9.68. The second kappa shape index (κ2) is 14.2. The van der Waals surface area contributed by atoms with Crippen molar-refractivity contribution in [1.82, 2.24) is 0 Å². The second-order valence-corrected chi connectivity index (χ2v) is 12.3. The normalized spacial score (nSPS) is 23.1. The molecule has 0 atom stereocenters. The van der Waals surface area contributed by atoms with Crippen LogP contribution in [0.5, 0.6) is 11.5 Å². The number of hydrogen-bond acceptors (Lipinski definition) is 3. The van der Waals surface area contributed by atoms with Crippen molar-refractivity contribution in [3.05, 3.63) is 58.2 Å². The number of aromatic hydroxyl groups is 1. The van der Waals surface area contributed by atoms with Gasteiger partial charge in [0.15, 0.2) is 17.4 Å². The van der Waals surface area contributed by atoms with Gasteiger partial charge in [-0.25, -0.2) is 8.78 Å². The molecular formula is C34H43F5O3. The van der Waals surface area contributed by atoms with Crippen LogP contribution in [0.25, 0.3) is 0 Å². The molecule has 2 saturated carbocycles. The summed E-state index contributed by atoms with van der Waals surface area (Å²) in [5.41, 5.74) is -2.12. The number of carbonyl (C=O) groups excluding carboxylic acids is 1. The van der Waals surface area contributed by atoms with Gasteiger partial charge in [-0.15, -0.1) is 0 Å². The highest BCUT2D eigenvalue weighted by molar-refractivity contribution is 6.00. The molecular weight excluding hydrogens is 551 g/mol. The van der Waals surface area contributed by atoms with Crippen molar-refractivity contribution < 1.29 is 36.6 Å². The van der Waals surface area contributed by atoms with Crippen molar-refractivity contribution in [3.63, 3.8) is 0 Å². The van der Waals surface area contributed by atoms with Crippen LogP contribution in [0.2, 0.25) is 0 Å². The van der Waals surface area contributed by atoms with E-state index in [1.807, 2.05) is 0 Å². The molecule has 8 heteroatoms. The second-order valence-electron chi connectivity index (χ2n) is 12.3. The highest BCUT2D eigenvalue weighted by Crippen LogP contribution is 2.45. The van der Waals surface area contributed by atoms with Gasteiger partial charge in [-0.3, -0.25) is 4.79 Å². The summed E-state index contributed by atoms with van der Waals surface area (Å²) in [6, 6.07) is 4.73. The number of Topliss-reactive ketones (excluding diaryl/α,β-unsaturated/α-hetero) is 1. The molecule has 0 radical (unpaired) electrons. The van der Waals surface area contributed by atoms with Gasteiger partial charge in [-0.1, -0.05) is 57.6 Å². The minimum atomic E-state index is -4.98. The van der Waals surface area contributed by atoms with Crippen LogP contribution in [0.3, 0.4) is 0 Å². The molecule has 0 spiro atoms. The molecule has 2 aliphatic carbocycles. The van der Waals surface area contributed by atoms with Crippen molar-refractivity contribution in [2.24, 2.45) is 23.7 Å². The van der Waals surface area contributed by atoms with E-state index in [4.69, 9.17) is 4.74 Å². The van der Waals surface area contributed by atoms with Crippen LogP contribution < -0.4 is 4.74 Å². The highest BCUT2D eigenvalue weighted by atomic mass is 19.4. The summed E-state index contributed by atoms with van der Waals surface area (Å²) < 4.78 is 75.6. The number of hydrogen-bond donors (Lipinski definition) is 1. The van der Waals surface area contributed by atoms with Crippen LogP contribution in [0.15, 0.2) is 24.3 Å². The van der Waals surface area contributed by atoms with E-state index in [-0.39, 0.29) is 17.7 Å². The molecule has 4 rings (SSSR count). The van der Waals surface area contributed by atoms with Gasteiger partial charge in [0.2, 0.25) is 0 Å². The lowest BCUT2D eigenvalue weighted by molar-refractivity contribution is -0.140. The third kappa shape index (κ3) is 7.65. The molecule has 3 nitrogen and oxygen atoms in total. The monoisotopic (exact) mass is 594 g/mol. The molecule has 42 heavy (non-hydrogen) atoms. The Hall–Kier alpha value is -2.64. The summed E-state index contributed by atoms with van der Waals surface area (Å²) in [6.45, 7) is 3.68. The highest BCUT2D eigenvalue weighted by Gasteiger charge is 2.40. The number of rotatable bonds is 11. The molecule has 0 heterocycles. The standard InChI is InChI=1S/C34H43F5O3/c1-3-5-21-6-11-23(12-7-21)24-13-8-22(9-14-24)10-15-25-16-17-26(32(36)31(25)35)20-28(40)27-18-19-29(42-4-2)30(33(27)41)34(37,38)39/h16-19,21-24,41H,3-15,20H2,1-2H3. The van der Waals surface area contributed by atoms with Crippen LogP contribution in [0.4, 0.5) is 22.0 Å². The van der Waals surface area contributed by atoms with E-state index in [1.165, 1.54) is 70.4 Å². The van der Waals surface area contributed by atoms with Crippen molar-refractivity contribution in [2.45, 2.75) is 103 Å². The molecule has 2 fully saturated rings. The minimum absolute atomic E-state index is 0.0755. The molecule has 2 aromatic carbocycles. The fraction of sp³-hybridized carbons (Fsp3) is 0.618. The number of aryl methyl sites for hydroxylation is 1. The first-order chi connectivity index (χ1) is 20.0. The van der Waals surface area contributed by atoms with Crippen LogP contribution >= 0.6 is 0 Å². The summed E-state index contributed by atoms with van der Waals surface area (Å²) in [5.74, 6) is -2.03. The first-order valence-electron chi connectivity index (χ1n) is 15.6. The first kappa shape index (κ1) is 32.3. The Labute approximate surface area is 245 Å². The molecule has 1 N–H and O–H groups in total. The zero-order valence-electron chi connectivity index (χ0n) is 24.7. The van der Waals surface area contributed by atoms with E-state index in [9.17, 15) is 31.9 Å². The van der Waals surface area contributed by atoms with Crippen LogP contribution in [-0.4, -0.2) is 17.5 Å². The number of benzene rings is 2. The summed E-state index contributed by atoms with van der Waals surface area (Å²) in [5, 5.41) is 10.3. The predicted octanol–water partition coefficient (Wildman–Crippen LogP) is 9.86. The van der Waals surface area contributed by atoms with E-state index in [0.29, 0.717) is 12.3 Å². The number of carbonyl (C=O) groups is 1. The lowest BCUT2D eigenvalue weighted by Gasteiger charge is -2.38. The summed E-state index contributed by atoms with van der Waals surface area (Å²) >= 11 is 0. The van der Waals surface area contributed by atoms with Gasteiger partial charge in [0, 0.05) is 6.42 Å². The lowest BCUT2D eigenvalue weighted by Crippen LogP contribution is -2.26. The topological polar surface area (TPSA) is 46.5 Å². The van der Waals surface area contributed by atoms with Crippen molar-refractivity contribution in [2.75, 3.05) is 6.61 Å². The summed E-state index contributed by atoms with van der Waals surface area (Å²) in [6.07, 6.45) is 8.18. The van der Waals surface area contributed by atoms with Crippen LogP contribution in [0, 0.1) is 35.3 Å². The average molecular weight is 595 g/mol. The maximum atomic E-state index is 15.0. The SMILES string of the molecule is CCCC1CCC(C2CCC(CCc3ccc(CC(=O)c4ccc(OCC)c(C(F)(F)F)c4O)c(F)c3F)CC2)CC1. The van der Waals surface area contributed by atoms with E-state index >= 15 is 0 Å². The molecule has 0 aromatic heterocycles. The van der Waals surface area contributed by atoms with E-state index < -0.39 is 52.6 Å². The fourth-order valence-electron chi connectivity index (χ4n) is 7.24. The Kier molecular flexibility index (Phi) is 10.9. The zero-order chi connectivity index (χ0) is 30.4. The van der Waals surface area contributed by atoms with Gasteiger partial charge in [-0.2, -0.15) is 13.2 Å². The van der Waals surface area contributed by atoms with Crippen LogP contribution in [-0.2, 0) is 19.0 Å². The Morgan fingerprint density at radius 2 is 1.38 bits per heavy atom. The Morgan fingerprint density at radius 1 is 0.833 bits per heavy atom. The van der Waals surface area contributed by atoms with Crippen molar-refractivity contribution in [1.29, 1.82) is 0 Å². The van der Waals surface area contributed by atoms with E-state index in [0.717, 1.165) is 49.1 Å². The molecule has 0 saturated heterocycles. The maximum absolute atomic E-state index is 15.0. The molecule has 2 aromatic rings. The summed E-state index contributed by atoms with van der Waals surface area (Å²) in [4.78, 5) is 12.8. The zero-order valence-corrected chi connectivity index (χ0v) is 24.7. The quantitative estimate of drug-likeness (QED) is 0.208. The van der Waals surface area contributed by atoms with Gasteiger partial charge in [0.05, 0.1) is 12.2 Å². The number of alkyl halides is 3. The molecule has 0 aliphatic heterocycles. The molecule has 0 amide bonds. The molecule has 0 bridgehead atoms. The van der Waals surface area contributed by atoms with Gasteiger partial charge in [0.1, 0.15) is 17.1 Å². The first-order valence-corrected chi connectivity index (χ1v) is 15.6. The molecule has 0 unspecified atom stereocenters. The van der Waals surface area contributed by atoms with Crippen LogP contribution in [0.1, 0.15) is 112 Å². The number of halogens is 5. The van der Waals surface area contributed by atoms with Crippen molar-refractivity contribution in [3.8, 4) is 11.5 Å². The predicted molar refractivity (Wildman–Crippen MR) is 153 cm³/mol. The van der Waals surface area contributed by atoms with Crippen molar-refractivity contribution >= 4 is 5.78 Å². The van der Waals surface area contributed by atoms with Gasteiger partial charge >= 0.3 is 6.18 Å². The van der Waals surface area contributed by atoms with E-state index in [1.54, 1.807) is 0 Å². The third-order valence-electron chi connectivity index (χ3n) is 9.59. The Balaban J connectivity index is 1.33. The maximum Gasteiger partial charge on any atom is 0.423 e. The number of phenols is 1. The van der Waals surface area contributed by atoms with Gasteiger partial charge in [0.25, 0.3) is 0 Å². The molecule has 232 valence electrons. The average Bonchev–Trinajstić information content (AvgIpc) is 2.95. The van der Waals surface area contributed by atoms with Gasteiger partial charge in [-0.05, 0) is 92.4 Å². The van der Waals surface area contributed by atoms with Gasteiger partial charge < -0.3 is 9.84 Å². The van der Waals surface area contributed by atoms with E-state index in [2.05, 4.69) is 6.92 Å². The fourth-order valence-corrected chi connectivity index (χ4v) is 7.24. The largest absolute Gasteiger partial charge is 0.506 e. The minimum Gasteiger partial charge on any atom is -0.506 e. The number of ketones is 1. The Bertz CT molecular complexity index is 1210. The summed E-state index contributed by atoms with van der Waals surface area (Å²) in [7, 11) is 0. The number of ether oxygens (including phenoxy) is 1. The third-order valence-corrected chi connectivity index (χ3v) is 9.59. The number of phenolic OH excluding ortho intramolecular Hbond substituents is 1. The smallest absolute Gasteiger partial charge is 0.423 e. The molecule has 2 aliphatic rings. The Morgan fingerprint density at radius 3 is 1.93 bits per heavy atom.